The molecule has 3 heterocycles. The predicted octanol–water partition coefficient (Wildman–Crippen LogP) is 4.99. The summed E-state index contributed by atoms with van der Waals surface area (Å²) >= 11 is 6.54. The number of nitrogens with zero attached hydrogens (tertiary/aromatic N) is 2. The van der Waals surface area contributed by atoms with E-state index in [0.29, 0.717) is 43.5 Å². The Hall–Kier alpha value is -3.63. The highest BCUT2D eigenvalue weighted by molar-refractivity contribution is 8.27. The molecule has 0 N–H and O–H groups in total. The minimum Gasteiger partial charge on any atom is -0.456 e. The summed E-state index contributed by atoms with van der Waals surface area (Å²) in [7, 11) is 0. The second-order valence-electron chi connectivity index (χ2n) is 6.53. The predicted molar refractivity (Wildman–Crippen MR) is 119 cm³/mol. The minimum atomic E-state index is -0.464. The lowest BCUT2D eigenvalue weighted by Gasteiger charge is -2.14. The summed E-state index contributed by atoms with van der Waals surface area (Å²) < 4.78 is 16.8. The zero-order chi connectivity index (χ0) is 21.5. The first kappa shape index (κ1) is 19.3. The molecule has 31 heavy (non-hydrogen) atoms. The Morgan fingerprint density at radius 1 is 1.10 bits per heavy atom. The Bertz CT molecular complexity index is 1280. The molecular formula is C21H12N2O6S2. The van der Waals surface area contributed by atoms with Crippen molar-refractivity contribution in [3.05, 3.63) is 75.4 Å². The van der Waals surface area contributed by atoms with E-state index in [2.05, 4.69) is 0 Å². The van der Waals surface area contributed by atoms with Crippen molar-refractivity contribution in [2.24, 2.45) is 0 Å². The fourth-order valence-electron chi connectivity index (χ4n) is 3.26. The number of nitro benzene ring substituents is 1. The third-order valence-electron chi connectivity index (χ3n) is 4.67. The third kappa shape index (κ3) is 3.45. The Morgan fingerprint density at radius 2 is 1.90 bits per heavy atom. The quantitative estimate of drug-likeness (QED) is 0.236. The number of carbonyl (C=O) groups is 1. The first-order chi connectivity index (χ1) is 15.0. The molecule has 0 spiro atoms. The minimum absolute atomic E-state index is 0.0578. The summed E-state index contributed by atoms with van der Waals surface area (Å²) in [4.78, 5) is 25.6. The van der Waals surface area contributed by atoms with Crippen LogP contribution < -0.4 is 14.4 Å². The molecule has 1 fully saturated rings. The second-order valence-corrected chi connectivity index (χ2v) is 8.21. The number of ether oxygens (including phenoxy) is 2. The van der Waals surface area contributed by atoms with Crippen LogP contribution in [0.2, 0.25) is 0 Å². The number of thioether (sulfide) groups is 1. The fourth-order valence-corrected chi connectivity index (χ4v) is 4.54. The monoisotopic (exact) mass is 452 g/mol. The Labute approximate surface area is 185 Å². The number of amides is 1. The Morgan fingerprint density at radius 3 is 2.74 bits per heavy atom. The maximum atomic E-state index is 13.0. The largest absolute Gasteiger partial charge is 0.456 e. The molecule has 0 bridgehead atoms. The molecule has 8 nitrogen and oxygen atoms in total. The lowest BCUT2D eigenvalue weighted by Crippen LogP contribution is -2.27. The molecule has 1 amide bonds. The number of benzene rings is 2. The number of hydrogen-bond donors (Lipinski definition) is 0. The van der Waals surface area contributed by atoms with Crippen LogP contribution in [0, 0.1) is 10.1 Å². The van der Waals surface area contributed by atoms with Gasteiger partial charge in [0.1, 0.15) is 11.5 Å². The molecule has 0 aliphatic carbocycles. The van der Waals surface area contributed by atoms with E-state index in [9.17, 15) is 14.9 Å². The van der Waals surface area contributed by atoms with Crippen molar-refractivity contribution in [1.29, 1.82) is 0 Å². The highest BCUT2D eigenvalue weighted by Crippen LogP contribution is 2.41. The molecule has 154 valence electrons. The van der Waals surface area contributed by atoms with Crippen molar-refractivity contribution in [3.63, 3.8) is 0 Å². The summed E-state index contributed by atoms with van der Waals surface area (Å²) in [5, 5.41) is 11.3. The molecule has 1 aromatic heterocycles. The first-order valence-corrected chi connectivity index (χ1v) is 10.2. The Kier molecular flexibility index (Phi) is 4.72. The van der Waals surface area contributed by atoms with Crippen molar-refractivity contribution >= 4 is 51.7 Å². The maximum Gasteiger partial charge on any atom is 0.280 e. The highest BCUT2D eigenvalue weighted by atomic mass is 32.2. The smallest absolute Gasteiger partial charge is 0.280 e. The van der Waals surface area contributed by atoms with Crippen LogP contribution in [0.1, 0.15) is 5.76 Å². The van der Waals surface area contributed by atoms with Crippen molar-refractivity contribution in [1.82, 2.24) is 0 Å². The van der Waals surface area contributed by atoms with Gasteiger partial charge in [0.25, 0.3) is 11.6 Å². The molecule has 0 unspecified atom stereocenters. The standard InChI is InChI=1S/C21H12N2O6S2/c24-20-19(31-21(30)22(20)12-5-7-17-18(9-12)28-11-27-17)10-13-6-8-16(29-13)14-3-1-2-4-15(14)23(25)26/h1-10H,11H2/b19-10-. The van der Waals surface area contributed by atoms with Gasteiger partial charge in [0.2, 0.25) is 6.79 Å². The highest BCUT2D eigenvalue weighted by Gasteiger charge is 2.34. The number of carbonyl (C=O) groups excluding carboxylic acids is 1. The van der Waals surface area contributed by atoms with E-state index < -0.39 is 4.92 Å². The molecule has 0 atom stereocenters. The molecule has 2 aliphatic heterocycles. The summed E-state index contributed by atoms with van der Waals surface area (Å²) in [6, 6.07) is 14.8. The fraction of sp³-hybridized carbons (Fsp3) is 0.0476. The number of anilines is 1. The zero-order valence-corrected chi connectivity index (χ0v) is 17.3. The van der Waals surface area contributed by atoms with E-state index in [1.165, 1.54) is 11.0 Å². The molecule has 2 aromatic carbocycles. The molecule has 2 aliphatic rings. The molecule has 0 saturated carbocycles. The van der Waals surface area contributed by atoms with Gasteiger partial charge in [-0.15, -0.1) is 0 Å². The number of furan rings is 1. The van der Waals surface area contributed by atoms with Crippen LogP contribution in [0.5, 0.6) is 11.5 Å². The van der Waals surface area contributed by atoms with Gasteiger partial charge in [0.15, 0.2) is 15.8 Å². The Balaban J connectivity index is 1.43. The SMILES string of the molecule is O=C1/C(=C/c2ccc(-c3ccccc3[N+](=O)[O-])o2)SC(=S)N1c1ccc2c(c1)OCO2. The topological polar surface area (TPSA) is 95.0 Å². The number of thiocarbonyl (C=S) groups is 1. The molecule has 5 rings (SSSR count). The van der Waals surface area contributed by atoms with Gasteiger partial charge >= 0.3 is 0 Å². The summed E-state index contributed by atoms with van der Waals surface area (Å²) in [6.07, 6.45) is 1.57. The van der Waals surface area contributed by atoms with Gasteiger partial charge in [-0.2, -0.15) is 0 Å². The van der Waals surface area contributed by atoms with Crippen LogP contribution in [-0.2, 0) is 4.79 Å². The number of para-hydroxylation sites is 1. The van der Waals surface area contributed by atoms with E-state index in [4.69, 9.17) is 26.1 Å². The van der Waals surface area contributed by atoms with Gasteiger partial charge < -0.3 is 13.9 Å². The van der Waals surface area contributed by atoms with E-state index in [-0.39, 0.29) is 18.4 Å². The normalized spacial score (nSPS) is 16.4. The molecule has 10 heteroatoms. The third-order valence-corrected chi connectivity index (χ3v) is 5.98. The van der Waals surface area contributed by atoms with Crippen molar-refractivity contribution in [2.45, 2.75) is 0 Å². The maximum absolute atomic E-state index is 13.0. The van der Waals surface area contributed by atoms with Crippen LogP contribution in [0.4, 0.5) is 11.4 Å². The van der Waals surface area contributed by atoms with Gasteiger partial charge in [0, 0.05) is 18.2 Å². The number of rotatable bonds is 4. The first-order valence-electron chi connectivity index (χ1n) is 9.02. The van der Waals surface area contributed by atoms with Crippen molar-refractivity contribution in [2.75, 3.05) is 11.7 Å². The average Bonchev–Trinajstić information content (AvgIpc) is 3.47. The number of fused-ring (bicyclic) bond motifs is 1. The van der Waals surface area contributed by atoms with E-state index in [1.807, 2.05) is 0 Å². The van der Waals surface area contributed by atoms with Gasteiger partial charge in [-0.1, -0.05) is 36.1 Å². The van der Waals surface area contributed by atoms with Crippen molar-refractivity contribution < 1.29 is 23.6 Å². The van der Waals surface area contributed by atoms with Gasteiger partial charge in [-0.3, -0.25) is 19.8 Å². The van der Waals surface area contributed by atoms with Gasteiger partial charge in [0.05, 0.1) is 21.1 Å². The van der Waals surface area contributed by atoms with Crippen LogP contribution >= 0.6 is 24.0 Å². The molecule has 1 saturated heterocycles. The van der Waals surface area contributed by atoms with E-state index in [1.54, 1.807) is 54.6 Å². The second kappa shape index (κ2) is 7.56. The number of hydrogen-bond acceptors (Lipinski definition) is 8. The molecular weight excluding hydrogens is 440 g/mol. The molecule has 0 radical (unpaired) electrons. The summed E-state index contributed by atoms with van der Waals surface area (Å²) in [5.74, 6) is 1.60. The van der Waals surface area contributed by atoms with Crippen LogP contribution in [0.3, 0.4) is 0 Å². The number of nitro groups is 1. The van der Waals surface area contributed by atoms with Crippen LogP contribution in [0.15, 0.2) is 63.9 Å². The zero-order valence-electron chi connectivity index (χ0n) is 15.6. The summed E-state index contributed by atoms with van der Waals surface area (Å²) in [6.45, 7) is 0.136. The van der Waals surface area contributed by atoms with Gasteiger partial charge in [-0.05, 0) is 30.3 Å². The van der Waals surface area contributed by atoms with Gasteiger partial charge in [-0.25, -0.2) is 0 Å². The average molecular weight is 452 g/mol. The van der Waals surface area contributed by atoms with Crippen LogP contribution in [-0.4, -0.2) is 21.9 Å². The summed E-state index contributed by atoms with van der Waals surface area (Å²) in [5.41, 5.74) is 0.882. The lowest BCUT2D eigenvalue weighted by atomic mass is 10.1. The van der Waals surface area contributed by atoms with E-state index >= 15 is 0 Å². The molecule has 3 aromatic rings. The van der Waals surface area contributed by atoms with Crippen LogP contribution in [0.25, 0.3) is 17.4 Å². The van der Waals surface area contributed by atoms with E-state index in [0.717, 1.165) is 11.8 Å². The lowest BCUT2D eigenvalue weighted by molar-refractivity contribution is -0.384. The van der Waals surface area contributed by atoms with Crippen molar-refractivity contribution in [3.8, 4) is 22.8 Å².